The molecule has 0 aliphatic carbocycles. The van der Waals surface area contributed by atoms with Crippen molar-refractivity contribution in [3.63, 3.8) is 0 Å². The topological polar surface area (TPSA) is 54.9 Å². The molecule has 5 nitrogen and oxygen atoms in total. The normalized spacial score (nSPS) is 11.2. The van der Waals surface area contributed by atoms with Crippen molar-refractivity contribution in [3.05, 3.63) is 65.7 Å². The van der Waals surface area contributed by atoms with E-state index in [1.807, 2.05) is 30.3 Å². The van der Waals surface area contributed by atoms with Crippen LogP contribution in [0.15, 0.2) is 59.6 Å². The Morgan fingerprint density at radius 3 is 2.33 bits per heavy atom. The second-order valence-corrected chi connectivity index (χ2v) is 5.26. The van der Waals surface area contributed by atoms with Crippen LogP contribution in [0.4, 0.5) is 0 Å². The number of methoxy groups -OCH3 is 1. The Hall–Kier alpha value is -2.53. The molecule has 0 bridgehead atoms. The van der Waals surface area contributed by atoms with Gasteiger partial charge in [0.1, 0.15) is 12.4 Å². The summed E-state index contributed by atoms with van der Waals surface area (Å²) in [6.07, 6.45) is 0. The monoisotopic (exact) mass is 327 g/mol. The summed E-state index contributed by atoms with van der Waals surface area (Å²) in [5.41, 5.74) is 2.36. The summed E-state index contributed by atoms with van der Waals surface area (Å²) < 4.78 is 10.8. The van der Waals surface area contributed by atoms with Crippen LogP contribution in [0.1, 0.15) is 11.1 Å². The fourth-order valence-corrected chi connectivity index (χ4v) is 2.18. The maximum Gasteiger partial charge on any atom is 0.191 e. The van der Waals surface area contributed by atoms with Gasteiger partial charge in [0, 0.05) is 20.7 Å². The fourth-order valence-electron chi connectivity index (χ4n) is 2.18. The predicted molar refractivity (Wildman–Crippen MR) is 97.3 cm³/mol. The maximum atomic E-state index is 5.64. The van der Waals surface area contributed by atoms with Crippen molar-refractivity contribution < 1.29 is 9.47 Å². The Bertz CT molecular complexity index is 612. The van der Waals surface area contributed by atoms with Gasteiger partial charge in [-0.25, -0.2) is 0 Å². The quantitative estimate of drug-likeness (QED) is 0.444. The zero-order valence-electron chi connectivity index (χ0n) is 14.3. The lowest BCUT2D eigenvalue weighted by atomic mass is 10.1. The minimum Gasteiger partial charge on any atom is -0.492 e. The van der Waals surface area contributed by atoms with E-state index in [-0.39, 0.29) is 0 Å². The van der Waals surface area contributed by atoms with E-state index in [1.54, 1.807) is 14.2 Å². The van der Waals surface area contributed by atoms with Crippen molar-refractivity contribution in [2.24, 2.45) is 4.99 Å². The summed E-state index contributed by atoms with van der Waals surface area (Å²) in [6.45, 7) is 2.61. The molecule has 0 aliphatic rings. The molecule has 24 heavy (non-hydrogen) atoms. The smallest absolute Gasteiger partial charge is 0.191 e. The molecule has 0 amide bonds. The van der Waals surface area contributed by atoms with Crippen LogP contribution in [0.3, 0.4) is 0 Å². The summed E-state index contributed by atoms with van der Waals surface area (Å²) in [5, 5.41) is 6.52. The highest BCUT2D eigenvalue weighted by molar-refractivity contribution is 5.79. The number of guanidine groups is 1. The van der Waals surface area contributed by atoms with Crippen LogP contribution in [0.5, 0.6) is 5.75 Å². The second kappa shape index (κ2) is 10.3. The minimum atomic E-state index is 0.580. The van der Waals surface area contributed by atoms with Gasteiger partial charge in [-0.15, -0.1) is 0 Å². The Morgan fingerprint density at radius 2 is 1.67 bits per heavy atom. The van der Waals surface area contributed by atoms with E-state index in [2.05, 4.69) is 39.9 Å². The summed E-state index contributed by atoms with van der Waals surface area (Å²) >= 11 is 0. The molecule has 0 aliphatic heterocycles. The first-order valence-corrected chi connectivity index (χ1v) is 8.01. The molecule has 2 N–H and O–H groups in total. The largest absolute Gasteiger partial charge is 0.492 e. The first-order chi connectivity index (χ1) is 11.8. The fraction of sp³-hybridized carbons (Fsp3) is 0.316. The second-order valence-electron chi connectivity index (χ2n) is 5.26. The first kappa shape index (κ1) is 17.8. The van der Waals surface area contributed by atoms with Gasteiger partial charge in [0.2, 0.25) is 0 Å². The number of rotatable bonds is 8. The Morgan fingerprint density at radius 1 is 0.958 bits per heavy atom. The van der Waals surface area contributed by atoms with Crippen molar-refractivity contribution >= 4 is 5.96 Å². The van der Waals surface area contributed by atoms with Crippen molar-refractivity contribution in [1.82, 2.24) is 10.6 Å². The summed E-state index contributed by atoms with van der Waals surface area (Å²) in [6, 6.07) is 18.1. The third-order valence-electron chi connectivity index (χ3n) is 3.42. The number of hydrogen-bond donors (Lipinski definition) is 2. The standard InChI is InChI=1S/C19H25N3O2/c1-20-19(21-12-13-24-18-6-4-3-5-7-18)22-14-16-8-10-17(11-9-16)15-23-2/h3-11H,12-15H2,1-2H3,(H2,20,21,22). The molecule has 0 atom stereocenters. The summed E-state index contributed by atoms with van der Waals surface area (Å²) in [5.74, 6) is 1.63. The van der Waals surface area contributed by atoms with E-state index in [1.165, 1.54) is 11.1 Å². The average Bonchev–Trinajstić information content (AvgIpc) is 2.63. The molecule has 0 unspecified atom stereocenters. The lowest BCUT2D eigenvalue weighted by molar-refractivity contribution is 0.185. The zero-order chi connectivity index (χ0) is 17.0. The van der Waals surface area contributed by atoms with E-state index < -0.39 is 0 Å². The molecule has 2 aromatic rings. The van der Waals surface area contributed by atoms with E-state index >= 15 is 0 Å². The van der Waals surface area contributed by atoms with Gasteiger partial charge in [0.15, 0.2) is 5.96 Å². The van der Waals surface area contributed by atoms with Crippen LogP contribution in [0.25, 0.3) is 0 Å². The molecule has 0 fully saturated rings. The Balaban J connectivity index is 1.68. The number of hydrogen-bond acceptors (Lipinski definition) is 3. The molecular weight excluding hydrogens is 302 g/mol. The van der Waals surface area contributed by atoms with Gasteiger partial charge in [-0.1, -0.05) is 42.5 Å². The molecule has 2 rings (SSSR count). The number of aliphatic imine (C=N–C) groups is 1. The Kier molecular flexibility index (Phi) is 7.63. The van der Waals surface area contributed by atoms with Gasteiger partial charge in [-0.3, -0.25) is 4.99 Å². The number of ether oxygens (including phenoxy) is 2. The van der Waals surface area contributed by atoms with E-state index in [9.17, 15) is 0 Å². The van der Waals surface area contributed by atoms with Crippen molar-refractivity contribution in [3.8, 4) is 5.75 Å². The zero-order valence-corrected chi connectivity index (χ0v) is 14.3. The van der Waals surface area contributed by atoms with E-state index in [4.69, 9.17) is 9.47 Å². The molecule has 2 aromatic carbocycles. The molecule has 0 saturated heterocycles. The van der Waals surface area contributed by atoms with Gasteiger partial charge >= 0.3 is 0 Å². The van der Waals surface area contributed by atoms with Crippen molar-refractivity contribution in [1.29, 1.82) is 0 Å². The number of para-hydroxylation sites is 1. The van der Waals surface area contributed by atoms with E-state index in [0.717, 1.165) is 11.7 Å². The van der Waals surface area contributed by atoms with E-state index in [0.29, 0.717) is 26.3 Å². The molecule has 0 heterocycles. The van der Waals surface area contributed by atoms with Crippen LogP contribution >= 0.6 is 0 Å². The molecule has 5 heteroatoms. The van der Waals surface area contributed by atoms with Crippen LogP contribution in [-0.2, 0) is 17.9 Å². The van der Waals surface area contributed by atoms with Gasteiger partial charge in [-0.05, 0) is 23.3 Å². The molecule has 128 valence electrons. The highest BCUT2D eigenvalue weighted by Gasteiger charge is 1.99. The molecule has 0 saturated carbocycles. The van der Waals surface area contributed by atoms with Crippen LogP contribution in [0, 0.1) is 0 Å². The maximum absolute atomic E-state index is 5.64. The molecular formula is C19H25N3O2. The van der Waals surface area contributed by atoms with Crippen LogP contribution in [-0.4, -0.2) is 33.3 Å². The Labute approximate surface area is 143 Å². The number of nitrogens with one attached hydrogen (secondary N) is 2. The van der Waals surface area contributed by atoms with Crippen LogP contribution in [0.2, 0.25) is 0 Å². The van der Waals surface area contributed by atoms with Gasteiger partial charge in [-0.2, -0.15) is 0 Å². The van der Waals surface area contributed by atoms with Crippen LogP contribution < -0.4 is 15.4 Å². The van der Waals surface area contributed by atoms with Crippen molar-refractivity contribution in [2.75, 3.05) is 27.3 Å². The SMILES string of the molecule is CN=C(NCCOc1ccccc1)NCc1ccc(COC)cc1. The lowest BCUT2D eigenvalue weighted by Crippen LogP contribution is -2.38. The van der Waals surface area contributed by atoms with Gasteiger partial charge < -0.3 is 20.1 Å². The first-order valence-electron chi connectivity index (χ1n) is 8.01. The highest BCUT2D eigenvalue weighted by Crippen LogP contribution is 2.07. The van der Waals surface area contributed by atoms with Gasteiger partial charge in [0.05, 0.1) is 13.2 Å². The summed E-state index contributed by atoms with van der Waals surface area (Å²) in [4.78, 5) is 4.21. The third kappa shape index (κ3) is 6.30. The molecule has 0 spiro atoms. The average molecular weight is 327 g/mol. The number of nitrogens with zero attached hydrogens (tertiary/aromatic N) is 1. The predicted octanol–water partition coefficient (Wildman–Crippen LogP) is 2.58. The third-order valence-corrected chi connectivity index (χ3v) is 3.42. The summed E-state index contributed by atoms with van der Waals surface area (Å²) in [7, 11) is 3.46. The molecule has 0 radical (unpaired) electrons. The van der Waals surface area contributed by atoms with Crippen molar-refractivity contribution in [2.45, 2.75) is 13.2 Å². The number of benzene rings is 2. The van der Waals surface area contributed by atoms with Gasteiger partial charge in [0.25, 0.3) is 0 Å². The molecule has 0 aromatic heterocycles. The minimum absolute atomic E-state index is 0.580. The highest BCUT2D eigenvalue weighted by atomic mass is 16.5. The lowest BCUT2D eigenvalue weighted by Gasteiger charge is -2.13.